The summed E-state index contributed by atoms with van der Waals surface area (Å²) in [6, 6.07) is 6.83. The number of carboxylic acids is 1. The molecule has 0 spiro atoms. The van der Waals surface area contributed by atoms with Crippen molar-refractivity contribution >= 4 is 79.8 Å². The van der Waals surface area contributed by atoms with E-state index in [0.717, 1.165) is 32.5 Å². The number of hydrogen-bond acceptors (Lipinski definition) is 13. The average molecular weight is 913 g/mol. The first kappa shape index (κ1) is 50.0. The van der Waals surface area contributed by atoms with Crippen molar-refractivity contribution in [2.24, 2.45) is 11.5 Å². The Labute approximate surface area is 371 Å². The molecule has 8 atom stereocenters. The number of hydrogen-bond donors (Lipinski definition) is 12. The number of nitrogens with one attached hydrogen (secondary N) is 8. The van der Waals surface area contributed by atoms with Gasteiger partial charge in [-0.1, -0.05) is 70.1 Å². The van der Waals surface area contributed by atoms with Gasteiger partial charge in [-0.3, -0.25) is 33.6 Å². The number of carbonyl (C=O) groups is 8. The smallest absolute Gasteiger partial charge is 0.327 e. The number of aliphatic hydroxyl groups excluding tert-OH is 1. The van der Waals surface area contributed by atoms with Crippen LogP contribution in [-0.2, 0) is 51.2 Å². The highest BCUT2D eigenvalue weighted by Gasteiger charge is 2.34. The number of unbranched alkanes of at least 4 members (excludes halogenated alkanes) is 1. The Hall–Kier alpha value is -5.68. The van der Waals surface area contributed by atoms with Crippen LogP contribution < -0.4 is 48.7 Å². The summed E-state index contributed by atoms with van der Waals surface area (Å²) in [5.74, 6) is -7.27. The number of benzene rings is 2. The van der Waals surface area contributed by atoms with Crippen molar-refractivity contribution in [1.29, 1.82) is 0 Å². The third kappa shape index (κ3) is 15.6. The summed E-state index contributed by atoms with van der Waals surface area (Å²) in [6.07, 6.45) is 1.01. The van der Waals surface area contributed by atoms with Crippen LogP contribution in [0.4, 0.5) is 0 Å². The monoisotopic (exact) mass is 912 g/mol. The van der Waals surface area contributed by atoms with Gasteiger partial charge in [-0.05, 0) is 56.8 Å². The van der Waals surface area contributed by atoms with E-state index in [1.165, 1.54) is 13.8 Å². The van der Waals surface area contributed by atoms with Gasteiger partial charge in [0.2, 0.25) is 41.4 Å². The molecule has 20 nitrogen and oxygen atoms in total. The predicted octanol–water partition coefficient (Wildman–Crippen LogP) is -1.69. The average Bonchev–Trinajstić information content (AvgIpc) is 3.66. The topological polar surface area (TPSA) is 329 Å². The maximum Gasteiger partial charge on any atom is 0.327 e. The van der Waals surface area contributed by atoms with Crippen LogP contribution in [0.15, 0.2) is 60.8 Å². The second-order valence-electron chi connectivity index (χ2n) is 15.0. The molecule has 0 radical (unpaired) electrons. The molecule has 0 aliphatic carbocycles. The van der Waals surface area contributed by atoms with Crippen LogP contribution in [0, 0.1) is 0 Å². The predicted molar refractivity (Wildman–Crippen MR) is 238 cm³/mol. The molecule has 1 aromatic heterocycles. The van der Waals surface area contributed by atoms with Gasteiger partial charge in [-0.25, -0.2) is 4.79 Å². The van der Waals surface area contributed by atoms with Crippen molar-refractivity contribution in [2.75, 3.05) is 24.6 Å². The second kappa shape index (κ2) is 24.8. The van der Waals surface area contributed by atoms with Gasteiger partial charge < -0.3 is 63.9 Å². The van der Waals surface area contributed by atoms with E-state index >= 15 is 0 Å². The molecule has 7 amide bonds. The molecule has 342 valence electrons. The highest BCUT2D eigenvalue weighted by molar-refractivity contribution is 8.76. The molecular formula is C41H56N10O10S2. The van der Waals surface area contributed by atoms with Gasteiger partial charge in [-0.15, -0.1) is 0 Å². The lowest BCUT2D eigenvalue weighted by atomic mass is 10.0. The van der Waals surface area contributed by atoms with E-state index in [0.29, 0.717) is 24.0 Å². The molecule has 3 aromatic rings. The Morgan fingerprint density at radius 1 is 0.746 bits per heavy atom. The normalized spacial score (nSPS) is 25.0. The second-order valence-corrected chi connectivity index (χ2v) is 17.6. The minimum atomic E-state index is -1.61. The lowest BCUT2D eigenvalue weighted by Gasteiger charge is -2.27. The number of aliphatic hydroxyl groups is 1. The summed E-state index contributed by atoms with van der Waals surface area (Å²) in [6.45, 7) is 2.19. The maximum absolute atomic E-state index is 14.2. The van der Waals surface area contributed by atoms with Crippen LogP contribution in [0.5, 0.6) is 0 Å². The first-order valence-electron chi connectivity index (χ1n) is 20.4. The Bertz CT molecular complexity index is 2070. The molecule has 2 heterocycles. The van der Waals surface area contributed by atoms with Crippen molar-refractivity contribution in [2.45, 2.75) is 94.3 Å². The number of aromatic nitrogens is 1. The Balaban J connectivity index is 1.68. The number of para-hydroxylation sites is 1. The van der Waals surface area contributed by atoms with Gasteiger partial charge in [0.15, 0.2) is 0 Å². The summed E-state index contributed by atoms with van der Waals surface area (Å²) >= 11 is 0. The lowest BCUT2D eigenvalue weighted by Crippen LogP contribution is -2.60. The van der Waals surface area contributed by atoms with Crippen molar-refractivity contribution in [3.63, 3.8) is 0 Å². The van der Waals surface area contributed by atoms with Crippen molar-refractivity contribution in [1.82, 2.24) is 42.2 Å². The quantitative estimate of drug-likeness (QED) is 0.0799. The van der Waals surface area contributed by atoms with E-state index in [2.05, 4.69) is 42.2 Å². The minimum absolute atomic E-state index is 0.0223. The summed E-state index contributed by atoms with van der Waals surface area (Å²) in [4.78, 5) is 110. The fourth-order valence-electron chi connectivity index (χ4n) is 6.45. The van der Waals surface area contributed by atoms with Gasteiger partial charge in [0, 0.05) is 41.4 Å². The molecule has 14 N–H and O–H groups in total. The number of aliphatic carboxylic acids is 1. The van der Waals surface area contributed by atoms with Gasteiger partial charge >= 0.3 is 5.97 Å². The molecule has 2 aromatic carbocycles. The van der Waals surface area contributed by atoms with Crippen molar-refractivity contribution in [3.05, 3.63) is 71.9 Å². The largest absolute Gasteiger partial charge is 0.480 e. The standard InChI is InChI=1S/C41H56N10O10S2/c1-22-35(54)49-31(17-25-18-44-28-13-7-6-12-26(25)28)39(58)48-29(14-8-9-15-42)37(56)51-34(23(2)52)40(59)45-19-33(53)47-32(41(60)61)21-63-62-20-27(43)36(55)50-30(38(57)46-22)16-24-10-4-3-5-11-24/h3-7,10-13,18,22-23,27,29-32,34,44,52H,8-9,14-17,19-21,42-43H2,1-2H3,(H,45,59)(H,46,57)(H,47,53)(H,48,58)(H,49,54)(H,50,55)(H,51,56)(H,60,61)/t22-,23+,27-,29-,30-,31-,32-,34-/m0/s1. The van der Waals surface area contributed by atoms with Crippen LogP contribution in [0.25, 0.3) is 10.9 Å². The highest BCUT2D eigenvalue weighted by Crippen LogP contribution is 2.23. The van der Waals surface area contributed by atoms with E-state index in [-0.39, 0.29) is 37.3 Å². The Morgan fingerprint density at radius 2 is 1.37 bits per heavy atom. The minimum Gasteiger partial charge on any atom is -0.480 e. The number of nitrogens with two attached hydrogens (primary N) is 2. The zero-order chi connectivity index (χ0) is 46.1. The number of rotatable bonds is 10. The molecule has 4 rings (SSSR count). The molecule has 22 heteroatoms. The number of aromatic amines is 1. The third-order valence-corrected chi connectivity index (χ3v) is 12.4. The Morgan fingerprint density at radius 3 is 2.06 bits per heavy atom. The molecule has 0 unspecified atom stereocenters. The van der Waals surface area contributed by atoms with Crippen LogP contribution in [0.1, 0.15) is 44.2 Å². The molecule has 1 aliphatic heterocycles. The molecule has 1 aliphatic rings. The van der Waals surface area contributed by atoms with E-state index in [1.54, 1.807) is 42.6 Å². The molecule has 0 bridgehead atoms. The van der Waals surface area contributed by atoms with Crippen LogP contribution in [-0.4, -0.2) is 136 Å². The highest BCUT2D eigenvalue weighted by atomic mass is 33.1. The lowest BCUT2D eigenvalue weighted by molar-refractivity contribution is -0.141. The molecule has 63 heavy (non-hydrogen) atoms. The van der Waals surface area contributed by atoms with Gasteiger partial charge in [0.25, 0.3) is 0 Å². The summed E-state index contributed by atoms with van der Waals surface area (Å²) < 4.78 is 0. The van der Waals surface area contributed by atoms with Gasteiger partial charge in [0.1, 0.15) is 36.3 Å². The van der Waals surface area contributed by atoms with Crippen LogP contribution >= 0.6 is 21.6 Å². The first-order chi connectivity index (χ1) is 30.1. The van der Waals surface area contributed by atoms with Gasteiger partial charge in [0.05, 0.1) is 18.7 Å². The van der Waals surface area contributed by atoms with Crippen molar-refractivity contribution < 1.29 is 48.6 Å². The zero-order valence-electron chi connectivity index (χ0n) is 34.9. The van der Waals surface area contributed by atoms with E-state index < -0.39 is 102 Å². The fourth-order valence-corrected chi connectivity index (χ4v) is 8.73. The summed E-state index contributed by atoms with van der Waals surface area (Å²) in [7, 11) is 2.06. The molecule has 1 saturated heterocycles. The molecule has 1 fully saturated rings. The number of carbonyl (C=O) groups excluding carboxylic acids is 7. The van der Waals surface area contributed by atoms with Crippen LogP contribution in [0.3, 0.4) is 0 Å². The molecule has 0 saturated carbocycles. The van der Waals surface area contributed by atoms with E-state index in [9.17, 15) is 48.6 Å². The first-order valence-corrected chi connectivity index (χ1v) is 22.9. The van der Waals surface area contributed by atoms with Crippen molar-refractivity contribution in [3.8, 4) is 0 Å². The van der Waals surface area contributed by atoms with E-state index in [4.69, 9.17) is 11.5 Å². The van der Waals surface area contributed by atoms with E-state index in [1.807, 2.05) is 18.2 Å². The summed E-state index contributed by atoms with van der Waals surface area (Å²) in [5, 5.41) is 38.8. The van der Waals surface area contributed by atoms with Gasteiger partial charge in [-0.2, -0.15) is 0 Å². The zero-order valence-corrected chi connectivity index (χ0v) is 36.5. The SMILES string of the molecule is C[C@@H]1NC(=O)[C@H](Cc2ccccc2)NC(=O)[C@@H](N)CSSC[C@@H](C(=O)O)NC(=O)CNC(=O)[C@H]([C@@H](C)O)NC(=O)[C@H](CCCCN)NC(=O)[C@H](Cc2c[nH]c3ccccc23)NC1=O. The fraction of sp³-hybridized carbons (Fsp3) is 0.463. The molecular weight excluding hydrogens is 857 g/mol. The third-order valence-electron chi connectivity index (χ3n) is 10.0. The number of fused-ring (bicyclic) bond motifs is 1. The Kier molecular flexibility index (Phi) is 19.7. The number of H-pyrrole nitrogens is 1. The summed E-state index contributed by atoms with van der Waals surface area (Å²) in [5.41, 5.74) is 14.0. The van der Waals surface area contributed by atoms with Crippen LogP contribution in [0.2, 0.25) is 0 Å². The maximum atomic E-state index is 14.2. The number of carboxylic acid groups (broad SMARTS) is 1. The number of amides is 7.